The minimum absolute atomic E-state index is 0.0420. The van der Waals surface area contributed by atoms with Crippen molar-refractivity contribution in [3.05, 3.63) is 12.4 Å². The molecule has 28 heavy (non-hydrogen) atoms. The van der Waals surface area contributed by atoms with Crippen LogP contribution in [-0.4, -0.2) is 47.1 Å². The van der Waals surface area contributed by atoms with Crippen molar-refractivity contribution in [2.75, 3.05) is 20.2 Å². The van der Waals surface area contributed by atoms with Crippen LogP contribution in [0.1, 0.15) is 57.8 Å². The van der Waals surface area contributed by atoms with Gasteiger partial charge in [-0.3, -0.25) is 4.79 Å². The number of rotatable bonds is 5. The van der Waals surface area contributed by atoms with E-state index in [4.69, 9.17) is 9.47 Å². The van der Waals surface area contributed by atoms with Crippen LogP contribution >= 0.6 is 0 Å². The van der Waals surface area contributed by atoms with Crippen molar-refractivity contribution >= 4 is 5.91 Å². The molecule has 6 heteroatoms. The van der Waals surface area contributed by atoms with E-state index in [1.807, 2.05) is 4.90 Å². The zero-order valence-electron chi connectivity index (χ0n) is 16.8. The minimum atomic E-state index is -0.0420. The lowest BCUT2D eigenvalue weighted by Gasteiger charge is -2.57. The average molecular weight is 386 g/mol. The number of hydrogen-bond acceptors (Lipinski definition) is 5. The SMILES string of the molecule is COc1nccnc1OC1CCCN(C(=O)CC23CC4CC(CC(C4)C2)C3)C1. The van der Waals surface area contributed by atoms with Crippen molar-refractivity contribution in [1.82, 2.24) is 14.9 Å². The average Bonchev–Trinajstić information content (AvgIpc) is 2.67. The first-order chi connectivity index (χ1) is 13.6. The lowest BCUT2D eigenvalue weighted by Crippen LogP contribution is -2.50. The predicted octanol–water partition coefficient (Wildman–Crippen LogP) is 3.46. The number of carbonyl (C=O) groups is 1. The van der Waals surface area contributed by atoms with Crippen LogP contribution in [0.15, 0.2) is 12.4 Å². The predicted molar refractivity (Wildman–Crippen MR) is 104 cm³/mol. The van der Waals surface area contributed by atoms with Gasteiger partial charge in [-0.2, -0.15) is 0 Å². The zero-order valence-corrected chi connectivity index (χ0v) is 16.8. The summed E-state index contributed by atoms with van der Waals surface area (Å²) in [6, 6.07) is 0. The first-order valence-electron chi connectivity index (χ1n) is 10.9. The highest BCUT2D eigenvalue weighted by Crippen LogP contribution is 2.61. The number of aromatic nitrogens is 2. The fourth-order valence-electron chi connectivity index (χ4n) is 6.89. The highest BCUT2D eigenvalue weighted by molar-refractivity contribution is 5.77. The number of nitrogens with zero attached hydrogens (tertiary/aromatic N) is 3. The van der Waals surface area contributed by atoms with Gasteiger partial charge in [0.2, 0.25) is 5.91 Å². The minimum Gasteiger partial charge on any atom is -0.477 e. The number of ether oxygens (including phenoxy) is 2. The molecule has 2 heterocycles. The third-order valence-electron chi connectivity index (χ3n) is 7.53. The number of likely N-dealkylation sites (tertiary alicyclic amines) is 1. The Kier molecular flexibility index (Phi) is 4.68. The highest BCUT2D eigenvalue weighted by atomic mass is 16.5. The Morgan fingerprint density at radius 1 is 1.11 bits per heavy atom. The Balaban J connectivity index is 1.22. The monoisotopic (exact) mass is 385 g/mol. The Labute approximate surface area is 167 Å². The number of piperidine rings is 1. The topological polar surface area (TPSA) is 64.6 Å². The summed E-state index contributed by atoms with van der Waals surface area (Å²) in [6.07, 6.45) is 13.9. The molecule has 5 fully saturated rings. The summed E-state index contributed by atoms with van der Waals surface area (Å²) in [4.78, 5) is 23.7. The van der Waals surface area contributed by atoms with E-state index in [2.05, 4.69) is 9.97 Å². The highest BCUT2D eigenvalue weighted by Gasteiger charge is 2.51. The van der Waals surface area contributed by atoms with E-state index in [0.29, 0.717) is 29.6 Å². The molecule has 6 nitrogen and oxygen atoms in total. The maximum atomic E-state index is 13.2. The normalized spacial score (nSPS) is 36.4. The molecule has 1 aromatic heterocycles. The number of hydrogen-bond donors (Lipinski definition) is 0. The molecule has 1 unspecified atom stereocenters. The van der Waals surface area contributed by atoms with E-state index in [0.717, 1.165) is 43.6 Å². The van der Waals surface area contributed by atoms with Crippen molar-refractivity contribution in [2.24, 2.45) is 23.2 Å². The molecule has 1 aliphatic heterocycles. The molecule has 152 valence electrons. The Bertz CT molecular complexity index is 702. The van der Waals surface area contributed by atoms with Crippen LogP contribution in [0.5, 0.6) is 11.8 Å². The van der Waals surface area contributed by atoms with E-state index in [1.165, 1.54) is 38.5 Å². The fraction of sp³-hybridized carbons (Fsp3) is 0.773. The Morgan fingerprint density at radius 2 is 1.75 bits per heavy atom. The van der Waals surface area contributed by atoms with Crippen molar-refractivity contribution in [1.29, 1.82) is 0 Å². The molecule has 1 saturated heterocycles. The smallest absolute Gasteiger partial charge is 0.278 e. The van der Waals surface area contributed by atoms with Crippen LogP contribution < -0.4 is 9.47 Å². The van der Waals surface area contributed by atoms with Crippen molar-refractivity contribution in [3.63, 3.8) is 0 Å². The lowest BCUT2D eigenvalue weighted by molar-refractivity contribution is -0.142. The maximum absolute atomic E-state index is 13.2. The van der Waals surface area contributed by atoms with Crippen molar-refractivity contribution in [2.45, 2.75) is 63.9 Å². The second kappa shape index (κ2) is 7.20. The summed E-state index contributed by atoms with van der Waals surface area (Å²) in [5, 5.41) is 0. The summed E-state index contributed by atoms with van der Waals surface area (Å²) in [7, 11) is 1.57. The van der Waals surface area contributed by atoms with Gasteiger partial charge in [0.1, 0.15) is 6.10 Å². The Hall–Kier alpha value is -1.85. The van der Waals surface area contributed by atoms with E-state index >= 15 is 0 Å². The Morgan fingerprint density at radius 3 is 2.39 bits per heavy atom. The van der Waals surface area contributed by atoms with Gasteiger partial charge in [-0.1, -0.05) is 0 Å². The van der Waals surface area contributed by atoms with Crippen LogP contribution in [0.25, 0.3) is 0 Å². The standard InChI is InChI=1S/C22H31N3O3/c1-27-20-21(24-5-4-23-20)28-18-3-2-6-25(14-18)19(26)13-22-10-15-7-16(11-22)9-17(8-15)12-22/h4-5,15-18H,2-3,6-14H2,1H3. The number of methoxy groups -OCH3 is 1. The van der Waals surface area contributed by atoms with Gasteiger partial charge >= 0.3 is 0 Å². The van der Waals surface area contributed by atoms with Gasteiger partial charge in [-0.15, -0.1) is 0 Å². The second-order valence-corrected chi connectivity index (χ2v) is 9.69. The lowest BCUT2D eigenvalue weighted by atomic mass is 9.49. The molecular formula is C22H31N3O3. The van der Waals surface area contributed by atoms with Gasteiger partial charge in [0.25, 0.3) is 11.8 Å². The molecule has 0 N–H and O–H groups in total. The molecule has 0 aromatic carbocycles. The summed E-state index contributed by atoms with van der Waals surface area (Å²) >= 11 is 0. The number of amides is 1. The summed E-state index contributed by atoms with van der Waals surface area (Å²) in [6.45, 7) is 1.49. The molecule has 5 aliphatic rings. The summed E-state index contributed by atoms with van der Waals surface area (Å²) in [5.74, 6) is 3.83. The quantitative estimate of drug-likeness (QED) is 0.777. The van der Waals surface area contributed by atoms with Gasteiger partial charge in [0.15, 0.2) is 0 Å². The van der Waals surface area contributed by atoms with Gasteiger partial charge in [0.05, 0.1) is 13.7 Å². The molecule has 1 amide bonds. The van der Waals surface area contributed by atoms with Crippen LogP contribution in [0.3, 0.4) is 0 Å². The largest absolute Gasteiger partial charge is 0.477 e. The fourth-order valence-corrected chi connectivity index (χ4v) is 6.89. The molecule has 1 atom stereocenters. The van der Waals surface area contributed by atoms with Crippen LogP contribution in [0.2, 0.25) is 0 Å². The van der Waals surface area contributed by atoms with E-state index in [1.54, 1.807) is 19.5 Å². The molecule has 4 saturated carbocycles. The van der Waals surface area contributed by atoms with E-state index in [9.17, 15) is 4.79 Å². The van der Waals surface area contributed by atoms with Gasteiger partial charge in [0, 0.05) is 25.4 Å². The van der Waals surface area contributed by atoms with Gasteiger partial charge < -0.3 is 14.4 Å². The molecule has 0 radical (unpaired) electrons. The molecule has 6 rings (SSSR count). The molecule has 0 spiro atoms. The summed E-state index contributed by atoms with van der Waals surface area (Å²) < 4.78 is 11.3. The first kappa shape index (κ1) is 18.2. The molecule has 4 bridgehead atoms. The van der Waals surface area contributed by atoms with Crippen LogP contribution in [-0.2, 0) is 4.79 Å². The van der Waals surface area contributed by atoms with Crippen LogP contribution in [0, 0.1) is 23.2 Å². The zero-order chi connectivity index (χ0) is 19.1. The van der Waals surface area contributed by atoms with Crippen molar-refractivity contribution < 1.29 is 14.3 Å². The summed E-state index contributed by atoms with van der Waals surface area (Å²) in [5.41, 5.74) is 0.299. The first-order valence-corrected chi connectivity index (χ1v) is 10.9. The molecule has 4 aliphatic carbocycles. The maximum Gasteiger partial charge on any atom is 0.278 e. The van der Waals surface area contributed by atoms with E-state index < -0.39 is 0 Å². The van der Waals surface area contributed by atoms with Crippen LogP contribution in [0.4, 0.5) is 0 Å². The van der Waals surface area contributed by atoms with Gasteiger partial charge in [-0.05, 0) is 74.5 Å². The molecular weight excluding hydrogens is 354 g/mol. The number of carbonyl (C=O) groups excluding carboxylic acids is 1. The second-order valence-electron chi connectivity index (χ2n) is 9.69. The van der Waals surface area contributed by atoms with E-state index in [-0.39, 0.29) is 6.10 Å². The molecule has 1 aromatic rings. The third kappa shape index (κ3) is 3.46. The third-order valence-corrected chi connectivity index (χ3v) is 7.53. The van der Waals surface area contributed by atoms with Crippen molar-refractivity contribution in [3.8, 4) is 11.8 Å². The van der Waals surface area contributed by atoms with Gasteiger partial charge in [-0.25, -0.2) is 9.97 Å².